The largest absolute Gasteiger partial charge is 0.337 e. The van der Waals surface area contributed by atoms with Crippen LogP contribution in [0.2, 0.25) is 0 Å². The predicted molar refractivity (Wildman–Crippen MR) is 99.4 cm³/mol. The van der Waals surface area contributed by atoms with Gasteiger partial charge < -0.3 is 10.6 Å². The highest BCUT2D eigenvalue weighted by Gasteiger charge is 2.19. The molecule has 0 radical (unpaired) electrons. The first kappa shape index (κ1) is 19.1. The quantitative estimate of drug-likeness (QED) is 0.819. The van der Waals surface area contributed by atoms with Crippen LogP contribution in [-0.2, 0) is 16.3 Å². The van der Waals surface area contributed by atoms with Gasteiger partial charge in [0.15, 0.2) is 9.84 Å². The van der Waals surface area contributed by atoms with Gasteiger partial charge in [-0.3, -0.25) is 4.79 Å². The molecule has 0 bridgehead atoms. The second-order valence-corrected chi connectivity index (χ2v) is 8.08. The van der Waals surface area contributed by atoms with E-state index in [-0.39, 0.29) is 10.8 Å². The number of nitrogens with zero attached hydrogens (tertiary/aromatic N) is 1. The smallest absolute Gasteiger partial charge is 0.254 e. The minimum absolute atomic E-state index is 0.150. The van der Waals surface area contributed by atoms with Crippen molar-refractivity contribution in [2.45, 2.75) is 18.2 Å². The molecule has 0 fully saturated rings. The molecule has 0 spiro atoms. The summed E-state index contributed by atoms with van der Waals surface area (Å²) in [4.78, 5) is 14.8. The lowest BCUT2D eigenvalue weighted by Crippen LogP contribution is -2.37. The SMILES string of the molecule is Cc1ccc(S(C)(=O)=O)cc1C(=O)N(CCN)CCc1ccccc1. The Morgan fingerprint density at radius 2 is 1.76 bits per heavy atom. The number of nitrogens with two attached hydrogens (primary N) is 1. The van der Waals surface area contributed by atoms with Gasteiger partial charge in [-0.1, -0.05) is 36.4 Å². The normalized spacial score (nSPS) is 11.3. The van der Waals surface area contributed by atoms with E-state index in [1.54, 1.807) is 17.9 Å². The van der Waals surface area contributed by atoms with Crippen LogP contribution in [0.15, 0.2) is 53.4 Å². The highest BCUT2D eigenvalue weighted by atomic mass is 32.2. The highest BCUT2D eigenvalue weighted by molar-refractivity contribution is 7.90. The minimum atomic E-state index is -3.36. The van der Waals surface area contributed by atoms with Crippen molar-refractivity contribution in [3.05, 3.63) is 65.2 Å². The molecule has 0 aromatic heterocycles. The maximum Gasteiger partial charge on any atom is 0.254 e. The molecule has 25 heavy (non-hydrogen) atoms. The number of carbonyl (C=O) groups excluding carboxylic acids is 1. The molecule has 0 saturated heterocycles. The number of carbonyl (C=O) groups is 1. The van der Waals surface area contributed by atoms with Gasteiger partial charge >= 0.3 is 0 Å². The van der Waals surface area contributed by atoms with Crippen LogP contribution >= 0.6 is 0 Å². The summed E-state index contributed by atoms with van der Waals surface area (Å²) >= 11 is 0. The molecule has 0 aliphatic carbocycles. The van der Waals surface area contributed by atoms with Crippen molar-refractivity contribution < 1.29 is 13.2 Å². The minimum Gasteiger partial charge on any atom is -0.337 e. The van der Waals surface area contributed by atoms with Crippen molar-refractivity contribution in [3.63, 3.8) is 0 Å². The average molecular weight is 360 g/mol. The van der Waals surface area contributed by atoms with Crippen LogP contribution in [0.5, 0.6) is 0 Å². The topological polar surface area (TPSA) is 80.5 Å². The Balaban J connectivity index is 2.25. The number of benzene rings is 2. The van der Waals surface area contributed by atoms with Gasteiger partial charge in [0.25, 0.3) is 5.91 Å². The third-order valence-corrected chi connectivity index (χ3v) is 5.18. The van der Waals surface area contributed by atoms with Crippen LogP contribution in [0.1, 0.15) is 21.5 Å². The van der Waals surface area contributed by atoms with Gasteiger partial charge in [-0.05, 0) is 36.6 Å². The Hall–Kier alpha value is -2.18. The first-order valence-corrected chi connectivity index (χ1v) is 10.1. The highest BCUT2D eigenvalue weighted by Crippen LogP contribution is 2.18. The van der Waals surface area contributed by atoms with Gasteiger partial charge in [-0.2, -0.15) is 0 Å². The van der Waals surface area contributed by atoms with Crippen molar-refractivity contribution >= 4 is 15.7 Å². The molecule has 2 N–H and O–H groups in total. The summed E-state index contributed by atoms with van der Waals surface area (Å²) in [7, 11) is -3.36. The van der Waals surface area contributed by atoms with E-state index in [9.17, 15) is 13.2 Å². The molecule has 134 valence electrons. The number of sulfone groups is 1. The number of aryl methyl sites for hydroxylation is 1. The number of hydrogen-bond donors (Lipinski definition) is 1. The van der Waals surface area contributed by atoms with Crippen LogP contribution in [0.25, 0.3) is 0 Å². The van der Waals surface area contributed by atoms with Gasteiger partial charge in [0.2, 0.25) is 0 Å². The molecule has 0 heterocycles. The molecule has 6 heteroatoms. The molecule has 0 aliphatic heterocycles. The molecule has 0 atom stereocenters. The summed E-state index contributed by atoms with van der Waals surface area (Å²) in [6.07, 6.45) is 1.86. The number of rotatable bonds is 7. The molecule has 1 amide bonds. The summed E-state index contributed by atoms with van der Waals surface area (Å²) < 4.78 is 23.6. The van der Waals surface area contributed by atoms with Crippen LogP contribution in [0.4, 0.5) is 0 Å². The van der Waals surface area contributed by atoms with Crippen molar-refractivity contribution in [1.29, 1.82) is 0 Å². The van der Waals surface area contributed by atoms with Crippen LogP contribution in [-0.4, -0.2) is 45.1 Å². The first-order valence-electron chi connectivity index (χ1n) is 8.17. The van der Waals surface area contributed by atoms with Gasteiger partial charge in [-0.25, -0.2) is 8.42 Å². The van der Waals surface area contributed by atoms with E-state index in [2.05, 4.69) is 0 Å². The Labute approximate surface area is 149 Å². The second-order valence-electron chi connectivity index (χ2n) is 6.07. The molecule has 0 aliphatic rings. The average Bonchev–Trinajstić information content (AvgIpc) is 2.58. The summed E-state index contributed by atoms with van der Waals surface area (Å²) in [5.74, 6) is -0.190. The Bertz CT molecular complexity index is 833. The lowest BCUT2D eigenvalue weighted by atomic mass is 10.1. The van der Waals surface area contributed by atoms with Crippen LogP contribution < -0.4 is 5.73 Å². The number of amides is 1. The van der Waals surface area contributed by atoms with Crippen LogP contribution in [0, 0.1) is 6.92 Å². The van der Waals surface area contributed by atoms with Gasteiger partial charge in [0.1, 0.15) is 0 Å². The summed E-state index contributed by atoms with van der Waals surface area (Å²) in [6, 6.07) is 14.6. The monoisotopic (exact) mass is 360 g/mol. The summed E-state index contributed by atoms with van der Waals surface area (Å²) in [5, 5.41) is 0. The van der Waals surface area contributed by atoms with Crippen LogP contribution in [0.3, 0.4) is 0 Å². The third-order valence-electron chi connectivity index (χ3n) is 4.07. The second kappa shape index (κ2) is 8.27. The van der Waals surface area contributed by atoms with Crippen molar-refractivity contribution in [3.8, 4) is 0 Å². The van der Waals surface area contributed by atoms with Crippen molar-refractivity contribution in [2.24, 2.45) is 5.73 Å². The molecule has 2 aromatic rings. The number of hydrogen-bond acceptors (Lipinski definition) is 4. The standard InChI is InChI=1S/C19H24N2O3S/c1-15-8-9-17(25(2,23)24)14-18(15)19(22)21(13-11-20)12-10-16-6-4-3-5-7-16/h3-9,14H,10-13,20H2,1-2H3. The lowest BCUT2D eigenvalue weighted by molar-refractivity contribution is 0.0761. The van der Waals surface area contributed by atoms with Crippen molar-refractivity contribution in [1.82, 2.24) is 4.90 Å². The fourth-order valence-corrected chi connectivity index (χ4v) is 3.26. The predicted octanol–water partition coefficient (Wildman–Crippen LogP) is 2.04. The third kappa shape index (κ3) is 5.14. The van der Waals surface area contributed by atoms with Gasteiger partial charge in [0, 0.05) is 31.5 Å². The van der Waals surface area contributed by atoms with E-state index >= 15 is 0 Å². The molecular formula is C19H24N2O3S. The van der Waals surface area contributed by atoms with E-state index in [4.69, 9.17) is 5.73 Å². The zero-order chi connectivity index (χ0) is 18.4. The zero-order valence-corrected chi connectivity index (χ0v) is 15.4. The summed E-state index contributed by atoms with van der Waals surface area (Å²) in [6.45, 7) is 3.11. The van der Waals surface area contributed by atoms with E-state index in [0.29, 0.717) is 25.2 Å². The molecule has 2 aromatic carbocycles. The molecule has 0 unspecified atom stereocenters. The van der Waals surface area contributed by atoms with E-state index in [0.717, 1.165) is 23.8 Å². The van der Waals surface area contributed by atoms with E-state index in [1.165, 1.54) is 12.1 Å². The molecular weight excluding hydrogens is 336 g/mol. The summed E-state index contributed by atoms with van der Waals surface area (Å²) in [5.41, 5.74) is 7.96. The maximum absolute atomic E-state index is 12.9. The lowest BCUT2D eigenvalue weighted by Gasteiger charge is -2.23. The van der Waals surface area contributed by atoms with Gasteiger partial charge in [-0.15, -0.1) is 0 Å². The maximum atomic E-state index is 12.9. The molecule has 2 rings (SSSR count). The van der Waals surface area contributed by atoms with Crippen molar-refractivity contribution in [2.75, 3.05) is 25.9 Å². The Kier molecular flexibility index (Phi) is 6.33. The first-order chi connectivity index (χ1) is 11.8. The Morgan fingerprint density at radius 3 is 2.36 bits per heavy atom. The molecule has 0 saturated carbocycles. The van der Waals surface area contributed by atoms with E-state index in [1.807, 2.05) is 30.3 Å². The molecule has 5 nitrogen and oxygen atoms in total. The fraction of sp³-hybridized carbons (Fsp3) is 0.316. The Morgan fingerprint density at radius 1 is 1.08 bits per heavy atom. The zero-order valence-electron chi connectivity index (χ0n) is 14.6. The van der Waals surface area contributed by atoms with Gasteiger partial charge in [0.05, 0.1) is 4.90 Å². The van der Waals surface area contributed by atoms with E-state index < -0.39 is 9.84 Å². The fourth-order valence-electron chi connectivity index (χ4n) is 2.61.